The summed E-state index contributed by atoms with van der Waals surface area (Å²) in [4.78, 5) is 2.50. The van der Waals surface area contributed by atoms with Crippen LogP contribution in [0.1, 0.15) is 31.4 Å². The molecule has 2 N–H and O–H groups in total. The monoisotopic (exact) mass is 223 g/mol. The van der Waals surface area contributed by atoms with Gasteiger partial charge in [0.25, 0.3) is 0 Å². The number of nitrogens with zero attached hydrogens (tertiary/aromatic N) is 4. The fourth-order valence-electron chi connectivity index (χ4n) is 2.11. The first-order valence-electron chi connectivity index (χ1n) is 6.09. The Morgan fingerprint density at radius 1 is 1.56 bits per heavy atom. The molecule has 0 unspecified atom stereocenters. The molecule has 0 spiro atoms. The Labute approximate surface area is 96.6 Å². The van der Waals surface area contributed by atoms with Crippen molar-refractivity contribution in [1.82, 2.24) is 19.9 Å². The Morgan fingerprint density at radius 3 is 2.88 bits per heavy atom. The van der Waals surface area contributed by atoms with Crippen LogP contribution < -0.4 is 5.73 Å². The highest BCUT2D eigenvalue weighted by Crippen LogP contribution is 2.25. The fraction of sp³-hybridized carbons (Fsp3) is 0.818. The van der Waals surface area contributed by atoms with Gasteiger partial charge in [-0.05, 0) is 25.8 Å². The van der Waals surface area contributed by atoms with Crippen LogP contribution in [0.4, 0.5) is 0 Å². The molecular formula is C11H21N5. The summed E-state index contributed by atoms with van der Waals surface area (Å²) in [6.07, 6.45) is 7.07. The molecule has 16 heavy (non-hydrogen) atoms. The lowest BCUT2D eigenvalue weighted by Crippen LogP contribution is -2.40. The zero-order valence-electron chi connectivity index (χ0n) is 9.97. The second-order valence-electron chi connectivity index (χ2n) is 4.58. The zero-order chi connectivity index (χ0) is 11.4. The minimum atomic E-state index is 0.744. The van der Waals surface area contributed by atoms with E-state index in [2.05, 4.69) is 15.2 Å². The van der Waals surface area contributed by atoms with Gasteiger partial charge in [0.05, 0.1) is 5.69 Å². The average Bonchev–Trinajstić information content (AvgIpc) is 2.58. The van der Waals surface area contributed by atoms with Crippen molar-refractivity contribution in [3.8, 4) is 0 Å². The van der Waals surface area contributed by atoms with Crippen molar-refractivity contribution in [3.05, 3.63) is 11.9 Å². The molecule has 0 radical (unpaired) electrons. The largest absolute Gasteiger partial charge is 0.330 e. The lowest BCUT2D eigenvalue weighted by molar-refractivity contribution is 0.117. The third-order valence-electron chi connectivity index (χ3n) is 3.26. The van der Waals surface area contributed by atoms with Crippen molar-refractivity contribution < 1.29 is 0 Å². The second-order valence-corrected chi connectivity index (χ2v) is 4.58. The minimum Gasteiger partial charge on any atom is -0.330 e. The molecule has 5 heteroatoms. The van der Waals surface area contributed by atoms with E-state index in [1.165, 1.54) is 19.3 Å². The third kappa shape index (κ3) is 2.80. The molecule has 1 heterocycles. The summed E-state index contributed by atoms with van der Waals surface area (Å²) in [5.74, 6) is 0. The number of aryl methyl sites for hydroxylation is 1. The summed E-state index contributed by atoms with van der Waals surface area (Å²) >= 11 is 0. The van der Waals surface area contributed by atoms with Crippen molar-refractivity contribution in [3.63, 3.8) is 0 Å². The summed E-state index contributed by atoms with van der Waals surface area (Å²) in [5, 5.41) is 8.11. The Balaban J connectivity index is 1.90. The van der Waals surface area contributed by atoms with Gasteiger partial charge in [-0.1, -0.05) is 11.6 Å². The molecule has 0 amide bonds. The molecule has 1 aromatic heterocycles. The Hall–Kier alpha value is -0.940. The fourth-order valence-corrected chi connectivity index (χ4v) is 2.11. The van der Waals surface area contributed by atoms with Crippen LogP contribution in [0.25, 0.3) is 0 Å². The van der Waals surface area contributed by atoms with Crippen molar-refractivity contribution in [2.45, 2.75) is 38.3 Å². The summed E-state index contributed by atoms with van der Waals surface area (Å²) in [7, 11) is 1.91. The first-order valence-corrected chi connectivity index (χ1v) is 6.09. The highest BCUT2D eigenvalue weighted by Gasteiger charge is 2.24. The van der Waals surface area contributed by atoms with Gasteiger partial charge in [0, 0.05) is 32.4 Å². The molecule has 0 bridgehead atoms. The quantitative estimate of drug-likeness (QED) is 0.763. The van der Waals surface area contributed by atoms with E-state index in [0.717, 1.165) is 37.8 Å². The van der Waals surface area contributed by atoms with Crippen LogP contribution in [-0.4, -0.2) is 39.0 Å². The van der Waals surface area contributed by atoms with E-state index in [0.29, 0.717) is 0 Å². The molecule has 90 valence electrons. The minimum absolute atomic E-state index is 0.744. The van der Waals surface area contributed by atoms with Gasteiger partial charge in [0.15, 0.2) is 0 Å². The van der Waals surface area contributed by atoms with E-state index in [1.54, 1.807) is 4.68 Å². The molecule has 1 aliphatic carbocycles. The predicted octanol–water partition coefficient (Wildman–Crippen LogP) is 0.518. The molecule has 1 saturated carbocycles. The molecule has 1 aromatic rings. The summed E-state index contributed by atoms with van der Waals surface area (Å²) in [6.45, 7) is 2.76. The van der Waals surface area contributed by atoms with Gasteiger partial charge >= 0.3 is 0 Å². The Kier molecular flexibility index (Phi) is 3.90. The maximum Gasteiger partial charge on any atom is 0.0967 e. The van der Waals surface area contributed by atoms with E-state index >= 15 is 0 Å². The maximum atomic E-state index is 5.58. The summed E-state index contributed by atoms with van der Waals surface area (Å²) in [5.41, 5.74) is 6.64. The first kappa shape index (κ1) is 11.5. The number of hydrogen-bond acceptors (Lipinski definition) is 4. The molecule has 0 aromatic carbocycles. The molecule has 2 rings (SSSR count). The van der Waals surface area contributed by atoms with E-state index in [1.807, 2.05) is 13.2 Å². The van der Waals surface area contributed by atoms with Crippen LogP contribution in [0.2, 0.25) is 0 Å². The van der Waals surface area contributed by atoms with Gasteiger partial charge in [0.2, 0.25) is 0 Å². The molecule has 0 saturated heterocycles. The van der Waals surface area contributed by atoms with E-state index in [4.69, 9.17) is 5.73 Å². The van der Waals surface area contributed by atoms with Crippen LogP contribution in [-0.2, 0) is 13.6 Å². The molecule has 1 fully saturated rings. The van der Waals surface area contributed by atoms with Gasteiger partial charge in [-0.25, -0.2) is 0 Å². The topological polar surface area (TPSA) is 60.0 Å². The number of hydrogen-bond donors (Lipinski definition) is 1. The maximum absolute atomic E-state index is 5.58. The van der Waals surface area contributed by atoms with Crippen LogP contribution in [0.5, 0.6) is 0 Å². The average molecular weight is 223 g/mol. The molecule has 0 atom stereocenters. The van der Waals surface area contributed by atoms with Crippen molar-refractivity contribution in [1.29, 1.82) is 0 Å². The first-order chi connectivity index (χ1) is 7.79. The van der Waals surface area contributed by atoms with Gasteiger partial charge in [-0.2, -0.15) is 0 Å². The third-order valence-corrected chi connectivity index (χ3v) is 3.26. The summed E-state index contributed by atoms with van der Waals surface area (Å²) in [6, 6.07) is 0.744. The zero-order valence-corrected chi connectivity index (χ0v) is 9.97. The van der Waals surface area contributed by atoms with Crippen LogP contribution in [0, 0.1) is 0 Å². The van der Waals surface area contributed by atoms with Crippen LogP contribution >= 0.6 is 0 Å². The van der Waals surface area contributed by atoms with Crippen molar-refractivity contribution in [2.75, 3.05) is 13.1 Å². The standard InChI is InChI=1S/C11H21N5/c1-15-8-10(13-14-15)9-16(7-3-6-12)11-4-2-5-11/h8,11H,2-7,9,12H2,1H3. The van der Waals surface area contributed by atoms with Crippen LogP contribution in [0.15, 0.2) is 6.20 Å². The summed E-state index contributed by atoms with van der Waals surface area (Å²) < 4.78 is 1.76. The van der Waals surface area contributed by atoms with Crippen LogP contribution in [0.3, 0.4) is 0 Å². The molecule has 0 aliphatic heterocycles. The molecule has 1 aliphatic rings. The van der Waals surface area contributed by atoms with E-state index in [9.17, 15) is 0 Å². The van der Waals surface area contributed by atoms with Gasteiger partial charge in [-0.3, -0.25) is 9.58 Å². The smallest absolute Gasteiger partial charge is 0.0967 e. The molecular weight excluding hydrogens is 202 g/mol. The number of rotatable bonds is 6. The lowest BCUT2D eigenvalue weighted by Gasteiger charge is -2.37. The SMILES string of the molecule is Cn1cc(CN(CCCN)C2CCC2)nn1. The lowest BCUT2D eigenvalue weighted by atomic mass is 9.91. The molecule has 5 nitrogen and oxygen atoms in total. The van der Waals surface area contributed by atoms with Gasteiger partial charge < -0.3 is 5.73 Å². The van der Waals surface area contributed by atoms with Crippen molar-refractivity contribution >= 4 is 0 Å². The number of nitrogens with two attached hydrogens (primary N) is 1. The number of aromatic nitrogens is 3. The highest BCUT2D eigenvalue weighted by atomic mass is 15.4. The van der Waals surface area contributed by atoms with Gasteiger partial charge in [0.1, 0.15) is 0 Å². The van der Waals surface area contributed by atoms with Gasteiger partial charge in [-0.15, -0.1) is 5.10 Å². The van der Waals surface area contributed by atoms with Crippen molar-refractivity contribution in [2.24, 2.45) is 12.8 Å². The van der Waals surface area contributed by atoms with E-state index < -0.39 is 0 Å². The van der Waals surface area contributed by atoms with E-state index in [-0.39, 0.29) is 0 Å². The Morgan fingerprint density at radius 2 is 2.38 bits per heavy atom. The Bertz CT molecular complexity index is 318. The predicted molar refractivity (Wildman–Crippen MR) is 62.7 cm³/mol. The second kappa shape index (κ2) is 5.41. The normalized spacial score (nSPS) is 16.7. The highest BCUT2D eigenvalue weighted by molar-refractivity contribution is 4.94.